The van der Waals surface area contributed by atoms with Crippen LogP contribution >= 0.6 is 22.9 Å². The highest BCUT2D eigenvalue weighted by atomic mass is 35.5. The highest BCUT2D eigenvalue weighted by Gasteiger charge is 2.18. The van der Waals surface area contributed by atoms with Gasteiger partial charge in [0.2, 0.25) is 0 Å². The zero-order chi connectivity index (χ0) is 16.5. The number of fused-ring (bicyclic) bond motifs is 1. The van der Waals surface area contributed by atoms with Crippen molar-refractivity contribution in [1.82, 2.24) is 19.9 Å². The molecule has 0 aliphatic rings. The smallest absolute Gasteiger partial charge is 0.143 e. The van der Waals surface area contributed by atoms with Crippen molar-refractivity contribution < 1.29 is 0 Å². The molecule has 5 nitrogen and oxygen atoms in total. The van der Waals surface area contributed by atoms with E-state index in [4.69, 9.17) is 17.3 Å². The van der Waals surface area contributed by atoms with Crippen molar-refractivity contribution in [1.29, 1.82) is 0 Å². The molecule has 4 heterocycles. The van der Waals surface area contributed by atoms with Crippen molar-refractivity contribution in [2.24, 2.45) is 5.73 Å². The number of hydrogen-bond donors (Lipinski definition) is 2. The number of aromatic amines is 1. The fourth-order valence-corrected chi connectivity index (χ4v) is 3.93. The minimum absolute atomic E-state index is 0.368. The summed E-state index contributed by atoms with van der Waals surface area (Å²) in [7, 11) is 0. The molecule has 24 heavy (non-hydrogen) atoms. The van der Waals surface area contributed by atoms with Crippen molar-refractivity contribution in [3.05, 3.63) is 75.2 Å². The van der Waals surface area contributed by atoms with Crippen LogP contribution in [0.1, 0.15) is 27.2 Å². The molecular formula is C17H14ClN5S. The van der Waals surface area contributed by atoms with Crippen LogP contribution in [0.15, 0.2) is 48.9 Å². The van der Waals surface area contributed by atoms with Gasteiger partial charge in [-0.15, -0.1) is 11.3 Å². The van der Waals surface area contributed by atoms with Crippen molar-refractivity contribution in [3.8, 4) is 0 Å². The second-order valence-corrected chi connectivity index (χ2v) is 6.86. The Labute approximate surface area is 147 Å². The number of H-pyrrole nitrogens is 1. The molecule has 1 unspecified atom stereocenters. The molecule has 0 saturated heterocycles. The summed E-state index contributed by atoms with van der Waals surface area (Å²) >= 11 is 7.87. The third kappa shape index (κ3) is 2.80. The Bertz CT molecular complexity index is 979. The van der Waals surface area contributed by atoms with Crippen molar-refractivity contribution in [2.45, 2.75) is 12.5 Å². The maximum absolute atomic E-state index is 6.34. The molecule has 120 valence electrons. The number of nitrogens with one attached hydrogen (secondary N) is 1. The van der Waals surface area contributed by atoms with E-state index in [0.717, 1.165) is 32.2 Å². The molecule has 0 bridgehead atoms. The zero-order valence-electron chi connectivity index (χ0n) is 12.6. The largest absolute Gasteiger partial charge is 0.346 e. The minimum atomic E-state index is -0.368. The average Bonchev–Trinajstić information content (AvgIpc) is 3.20. The summed E-state index contributed by atoms with van der Waals surface area (Å²) in [6.07, 6.45) is 6.15. The first-order chi connectivity index (χ1) is 11.7. The summed E-state index contributed by atoms with van der Waals surface area (Å²) in [5.74, 6) is 0. The molecule has 0 radical (unpaired) electrons. The molecular weight excluding hydrogens is 342 g/mol. The number of nitrogens with zero attached hydrogens (tertiary/aromatic N) is 3. The van der Waals surface area contributed by atoms with Gasteiger partial charge < -0.3 is 10.7 Å². The van der Waals surface area contributed by atoms with E-state index in [0.29, 0.717) is 11.6 Å². The van der Waals surface area contributed by atoms with Gasteiger partial charge in [0.15, 0.2) is 0 Å². The number of hydrogen-bond acceptors (Lipinski definition) is 5. The predicted octanol–water partition coefficient (Wildman–Crippen LogP) is 3.71. The third-order valence-electron chi connectivity index (χ3n) is 3.83. The molecule has 4 rings (SSSR count). The Kier molecular flexibility index (Phi) is 4.02. The van der Waals surface area contributed by atoms with Gasteiger partial charge in [-0.05, 0) is 29.8 Å². The molecule has 0 aliphatic heterocycles. The normalized spacial score (nSPS) is 12.6. The standard InChI is InChI=1S/C17H14ClN5S/c18-15-13(8-10-9-22-16-11(10)4-3-7-21-16)24-17(23-15)14(19)12-5-1-2-6-20-12/h1-7,9,14H,8,19H2,(H,21,22). The number of halogens is 1. The first-order valence-electron chi connectivity index (χ1n) is 7.45. The van der Waals surface area contributed by atoms with Gasteiger partial charge in [0.25, 0.3) is 0 Å². The molecule has 0 amide bonds. The van der Waals surface area contributed by atoms with Crippen LogP contribution in [-0.2, 0) is 6.42 Å². The molecule has 7 heteroatoms. The third-order valence-corrected chi connectivity index (χ3v) is 5.39. The van der Waals surface area contributed by atoms with Crippen LogP contribution in [0.5, 0.6) is 0 Å². The van der Waals surface area contributed by atoms with Crippen molar-refractivity contribution in [2.75, 3.05) is 0 Å². The second kappa shape index (κ2) is 6.32. The van der Waals surface area contributed by atoms with Gasteiger partial charge in [0.05, 0.1) is 11.7 Å². The number of thiazole rings is 1. The molecule has 0 aliphatic carbocycles. The Hall–Kier alpha value is -2.28. The van der Waals surface area contributed by atoms with E-state index in [1.165, 1.54) is 11.3 Å². The van der Waals surface area contributed by atoms with Crippen LogP contribution in [0, 0.1) is 0 Å². The lowest BCUT2D eigenvalue weighted by Gasteiger charge is -2.06. The van der Waals surface area contributed by atoms with E-state index < -0.39 is 0 Å². The van der Waals surface area contributed by atoms with Gasteiger partial charge in [-0.1, -0.05) is 17.7 Å². The van der Waals surface area contributed by atoms with Crippen LogP contribution in [0.4, 0.5) is 0 Å². The molecule has 0 fully saturated rings. The lowest BCUT2D eigenvalue weighted by molar-refractivity contribution is 0.818. The highest BCUT2D eigenvalue weighted by molar-refractivity contribution is 7.12. The lowest BCUT2D eigenvalue weighted by Crippen LogP contribution is -2.12. The Morgan fingerprint density at radius 3 is 2.88 bits per heavy atom. The van der Waals surface area contributed by atoms with Crippen LogP contribution in [-0.4, -0.2) is 19.9 Å². The fourth-order valence-electron chi connectivity index (χ4n) is 2.61. The van der Waals surface area contributed by atoms with Crippen molar-refractivity contribution in [3.63, 3.8) is 0 Å². The molecule has 3 N–H and O–H groups in total. The predicted molar refractivity (Wildman–Crippen MR) is 96.3 cm³/mol. The van der Waals surface area contributed by atoms with E-state index in [9.17, 15) is 0 Å². The van der Waals surface area contributed by atoms with E-state index in [2.05, 4.69) is 19.9 Å². The van der Waals surface area contributed by atoms with Gasteiger partial charge in [0, 0.05) is 35.3 Å². The molecule has 0 spiro atoms. The van der Waals surface area contributed by atoms with Gasteiger partial charge in [0.1, 0.15) is 15.8 Å². The van der Waals surface area contributed by atoms with Gasteiger partial charge in [-0.3, -0.25) is 4.98 Å². The Morgan fingerprint density at radius 1 is 1.17 bits per heavy atom. The molecule has 0 aromatic carbocycles. The minimum Gasteiger partial charge on any atom is -0.346 e. The first-order valence-corrected chi connectivity index (χ1v) is 8.64. The molecule has 4 aromatic heterocycles. The molecule has 1 atom stereocenters. The fraction of sp³-hybridized carbons (Fsp3) is 0.118. The van der Waals surface area contributed by atoms with Crippen LogP contribution in [0.2, 0.25) is 5.15 Å². The molecule has 0 saturated carbocycles. The summed E-state index contributed by atoms with van der Waals surface area (Å²) in [5, 5.41) is 2.36. The summed E-state index contributed by atoms with van der Waals surface area (Å²) < 4.78 is 0. The Morgan fingerprint density at radius 2 is 2.04 bits per heavy atom. The highest BCUT2D eigenvalue weighted by Crippen LogP contribution is 2.32. The first kappa shape index (κ1) is 15.3. The van der Waals surface area contributed by atoms with E-state index >= 15 is 0 Å². The topological polar surface area (TPSA) is 80.5 Å². The lowest BCUT2D eigenvalue weighted by atomic mass is 10.1. The Balaban J connectivity index is 1.64. The molecule has 4 aromatic rings. The SMILES string of the molecule is NC(c1ccccn1)c1nc(Cl)c(Cc2c[nH]c3ncccc23)s1. The summed E-state index contributed by atoms with van der Waals surface area (Å²) in [4.78, 5) is 17.2. The monoisotopic (exact) mass is 355 g/mol. The van der Waals surface area contributed by atoms with Crippen LogP contribution < -0.4 is 5.73 Å². The summed E-state index contributed by atoms with van der Waals surface area (Å²) in [6, 6.07) is 9.27. The van der Waals surface area contributed by atoms with Gasteiger partial charge in [-0.25, -0.2) is 9.97 Å². The zero-order valence-corrected chi connectivity index (χ0v) is 14.2. The number of pyridine rings is 2. The van der Waals surface area contributed by atoms with E-state index in [1.807, 2.05) is 36.5 Å². The number of rotatable bonds is 4. The van der Waals surface area contributed by atoms with Crippen LogP contribution in [0.25, 0.3) is 11.0 Å². The average molecular weight is 356 g/mol. The van der Waals surface area contributed by atoms with Crippen LogP contribution in [0.3, 0.4) is 0 Å². The maximum atomic E-state index is 6.34. The van der Waals surface area contributed by atoms with E-state index in [-0.39, 0.29) is 6.04 Å². The number of aromatic nitrogens is 4. The second-order valence-electron chi connectivity index (χ2n) is 5.39. The maximum Gasteiger partial charge on any atom is 0.143 e. The van der Waals surface area contributed by atoms with Crippen molar-refractivity contribution >= 4 is 34.0 Å². The van der Waals surface area contributed by atoms with E-state index in [1.54, 1.807) is 12.4 Å². The quantitative estimate of drug-likeness (QED) is 0.584. The summed E-state index contributed by atoms with van der Waals surface area (Å²) in [6.45, 7) is 0. The number of nitrogens with two attached hydrogens (primary N) is 1. The summed E-state index contributed by atoms with van der Waals surface area (Å²) in [5.41, 5.74) is 9.07. The van der Waals surface area contributed by atoms with Gasteiger partial charge in [-0.2, -0.15) is 0 Å². The van der Waals surface area contributed by atoms with Gasteiger partial charge >= 0.3 is 0 Å².